The summed E-state index contributed by atoms with van der Waals surface area (Å²) in [5.74, 6) is -4.05. The third kappa shape index (κ3) is 5.26. The number of aliphatic hydroxyl groups is 1. The van der Waals surface area contributed by atoms with Gasteiger partial charge in [-0.15, -0.1) is 0 Å². The van der Waals surface area contributed by atoms with Crippen molar-refractivity contribution in [1.82, 2.24) is 0 Å². The highest BCUT2D eigenvalue weighted by atomic mass is 16.6. The summed E-state index contributed by atoms with van der Waals surface area (Å²) in [5.41, 5.74) is -1.11. The summed E-state index contributed by atoms with van der Waals surface area (Å²) in [5, 5.41) is 48.4. The second-order valence-electron chi connectivity index (χ2n) is 8.42. The Morgan fingerprint density at radius 1 is 0.833 bits per heavy atom. The van der Waals surface area contributed by atoms with Crippen LogP contribution in [-0.2, 0) is 28.6 Å². The number of phenols is 4. The Kier molecular flexibility index (Phi) is 6.58. The zero-order valence-corrected chi connectivity index (χ0v) is 18.6. The van der Waals surface area contributed by atoms with Crippen molar-refractivity contribution >= 4 is 30.1 Å². The first-order valence-corrected chi connectivity index (χ1v) is 10.8. The maximum atomic E-state index is 12.5. The lowest BCUT2D eigenvalue weighted by atomic mass is 9.82. The molecule has 1 heterocycles. The molecule has 0 amide bonds. The van der Waals surface area contributed by atoms with E-state index in [4.69, 9.17) is 14.2 Å². The third-order valence-corrected chi connectivity index (χ3v) is 5.79. The van der Waals surface area contributed by atoms with Crippen molar-refractivity contribution < 1.29 is 54.1 Å². The quantitative estimate of drug-likeness (QED) is 0.169. The van der Waals surface area contributed by atoms with Crippen molar-refractivity contribution in [2.75, 3.05) is 0 Å². The summed E-state index contributed by atoms with van der Waals surface area (Å²) in [4.78, 5) is 37.0. The highest BCUT2D eigenvalue weighted by molar-refractivity contribution is 5.89. The van der Waals surface area contributed by atoms with Crippen LogP contribution < -0.4 is 0 Å². The van der Waals surface area contributed by atoms with Gasteiger partial charge in [-0.25, -0.2) is 14.4 Å². The minimum atomic E-state index is -1.88. The van der Waals surface area contributed by atoms with Crippen molar-refractivity contribution in [2.24, 2.45) is 0 Å². The smallest absolute Gasteiger partial charge is 0.338 e. The Balaban J connectivity index is 1.46. The van der Waals surface area contributed by atoms with E-state index in [1.54, 1.807) is 0 Å². The van der Waals surface area contributed by atoms with Gasteiger partial charge in [0.15, 0.2) is 34.7 Å². The lowest BCUT2D eigenvalue weighted by Gasteiger charge is -2.35. The van der Waals surface area contributed by atoms with Gasteiger partial charge in [0.05, 0.1) is 0 Å². The first-order valence-electron chi connectivity index (χ1n) is 10.8. The molecule has 2 bridgehead atoms. The fourth-order valence-electron chi connectivity index (χ4n) is 3.98. The number of rotatable bonds is 6. The van der Waals surface area contributed by atoms with E-state index in [-0.39, 0.29) is 35.8 Å². The van der Waals surface area contributed by atoms with Crippen molar-refractivity contribution in [3.05, 3.63) is 59.7 Å². The number of benzene rings is 2. The first kappa shape index (κ1) is 24.6. The fraction of sp³-hybridized carbons (Fsp3) is 0.240. The summed E-state index contributed by atoms with van der Waals surface area (Å²) in [7, 11) is 0. The molecule has 11 heteroatoms. The molecule has 4 atom stereocenters. The Labute approximate surface area is 204 Å². The van der Waals surface area contributed by atoms with Gasteiger partial charge < -0.3 is 39.7 Å². The molecule has 1 aliphatic heterocycles. The van der Waals surface area contributed by atoms with Crippen LogP contribution >= 0.6 is 0 Å². The van der Waals surface area contributed by atoms with Crippen LogP contribution in [0.2, 0.25) is 0 Å². The molecule has 0 radical (unpaired) electrons. The molecule has 2 unspecified atom stereocenters. The molecule has 36 heavy (non-hydrogen) atoms. The average Bonchev–Trinajstić information content (AvgIpc) is 3.07. The molecule has 2 aromatic rings. The van der Waals surface area contributed by atoms with Crippen molar-refractivity contribution in [3.8, 4) is 23.0 Å². The molecule has 2 aromatic carbocycles. The Bertz CT molecular complexity index is 1260. The van der Waals surface area contributed by atoms with E-state index < -0.39 is 41.8 Å². The van der Waals surface area contributed by atoms with Crippen molar-refractivity contribution in [3.63, 3.8) is 0 Å². The van der Waals surface area contributed by atoms with Gasteiger partial charge in [0.2, 0.25) is 0 Å². The number of carbonyl (C=O) groups excluding carboxylic acids is 3. The molecule has 1 saturated heterocycles. The van der Waals surface area contributed by atoms with Crippen LogP contribution in [0.5, 0.6) is 23.0 Å². The van der Waals surface area contributed by atoms with Crippen molar-refractivity contribution in [2.45, 2.75) is 36.8 Å². The second-order valence-corrected chi connectivity index (χ2v) is 8.42. The molecule has 0 spiro atoms. The van der Waals surface area contributed by atoms with E-state index in [1.165, 1.54) is 48.6 Å². The maximum Gasteiger partial charge on any atom is 0.338 e. The number of fused-ring (bicyclic) bond motifs is 2. The van der Waals surface area contributed by atoms with Gasteiger partial charge in [0, 0.05) is 25.0 Å². The van der Waals surface area contributed by atoms with Gasteiger partial charge >= 0.3 is 17.9 Å². The van der Waals surface area contributed by atoms with Crippen LogP contribution in [0.1, 0.15) is 24.0 Å². The molecule has 188 valence electrons. The molecule has 11 nitrogen and oxygen atoms in total. The second kappa shape index (κ2) is 9.62. The molecule has 1 saturated carbocycles. The van der Waals surface area contributed by atoms with E-state index in [9.17, 15) is 39.9 Å². The SMILES string of the molecule is O=C(C=Cc1ccc(O)c(O)c1)OC1C[C@]2(O)CC(OC2=O)[C@@H]1OC(=O)C=Cc1ccc(O)c(O)c1. The normalized spacial score (nSPS) is 25.1. The van der Waals surface area contributed by atoms with E-state index >= 15 is 0 Å². The molecule has 1 aliphatic carbocycles. The lowest BCUT2D eigenvalue weighted by molar-refractivity contribution is -0.178. The topological polar surface area (TPSA) is 180 Å². The largest absolute Gasteiger partial charge is 0.504 e. The van der Waals surface area contributed by atoms with Gasteiger partial charge in [-0.1, -0.05) is 12.1 Å². The summed E-state index contributed by atoms with van der Waals surface area (Å²) in [6.07, 6.45) is 0.764. The first-order chi connectivity index (χ1) is 17.0. The summed E-state index contributed by atoms with van der Waals surface area (Å²) < 4.78 is 15.9. The molecule has 2 fully saturated rings. The average molecular weight is 498 g/mol. The maximum absolute atomic E-state index is 12.5. The number of carbonyl (C=O) groups is 3. The predicted molar refractivity (Wildman–Crippen MR) is 121 cm³/mol. The van der Waals surface area contributed by atoms with Crippen LogP contribution in [0.25, 0.3) is 12.2 Å². The lowest BCUT2D eigenvalue weighted by Crippen LogP contribution is -2.51. The van der Waals surface area contributed by atoms with Gasteiger partial charge in [-0.3, -0.25) is 0 Å². The number of hydrogen-bond donors (Lipinski definition) is 5. The summed E-state index contributed by atoms with van der Waals surface area (Å²) in [6, 6.07) is 7.81. The Morgan fingerprint density at radius 2 is 1.36 bits per heavy atom. The minimum Gasteiger partial charge on any atom is -0.504 e. The molecule has 0 aromatic heterocycles. The van der Waals surface area contributed by atoms with Gasteiger partial charge in [-0.2, -0.15) is 0 Å². The molecule has 5 N–H and O–H groups in total. The van der Waals surface area contributed by atoms with E-state index in [2.05, 4.69) is 0 Å². The highest BCUT2D eigenvalue weighted by Gasteiger charge is 2.60. The van der Waals surface area contributed by atoms with E-state index in [1.807, 2.05) is 0 Å². The Hall–Kier alpha value is -4.51. The van der Waals surface area contributed by atoms with Crippen LogP contribution in [0.15, 0.2) is 48.6 Å². The number of aromatic hydroxyl groups is 4. The monoisotopic (exact) mass is 498 g/mol. The molecule has 4 rings (SSSR count). The zero-order valence-electron chi connectivity index (χ0n) is 18.6. The van der Waals surface area contributed by atoms with Crippen LogP contribution in [-0.4, -0.2) is 67.4 Å². The number of phenolic OH excluding ortho intramolecular Hbond substituents is 4. The van der Waals surface area contributed by atoms with Crippen LogP contribution in [0.4, 0.5) is 0 Å². The van der Waals surface area contributed by atoms with Gasteiger partial charge in [-0.05, 0) is 47.5 Å². The molecular weight excluding hydrogens is 476 g/mol. The van der Waals surface area contributed by atoms with Crippen molar-refractivity contribution in [1.29, 1.82) is 0 Å². The number of esters is 3. The number of hydrogen-bond acceptors (Lipinski definition) is 11. The zero-order chi connectivity index (χ0) is 26.0. The van der Waals surface area contributed by atoms with Crippen LogP contribution in [0, 0.1) is 0 Å². The Morgan fingerprint density at radius 3 is 1.89 bits per heavy atom. The van der Waals surface area contributed by atoms with E-state index in [0.717, 1.165) is 12.2 Å². The third-order valence-electron chi connectivity index (χ3n) is 5.79. The number of ether oxygens (including phenoxy) is 3. The molecule has 2 aliphatic rings. The highest BCUT2D eigenvalue weighted by Crippen LogP contribution is 2.41. The van der Waals surface area contributed by atoms with E-state index in [0.29, 0.717) is 11.1 Å². The summed E-state index contributed by atoms with van der Waals surface area (Å²) >= 11 is 0. The molecular formula is C25H22O11. The minimum absolute atomic E-state index is 0.143. The van der Waals surface area contributed by atoms with Gasteiger partial charge in [0.1, 0.15) is 12.2 Å². The summed E-state index contributed by atoms with van der Waals surface area (Å²) in [6.45, 7) is 0. The van der Waals surface area contributed by atoms with Crippen LogP contribution in [0.3, 0.4) is 0 Å². The fourth-order valence-corrected chi connectivity index (χ4v) is 3.98. The predicted octanol–water partition coefficient (Wildman–Crippen LogP) is 1.51. The van der Waals surface area contributed by atoms with Gasteiger partial charge in [0.25, 0.3) is 0 Å². The standard InChI is InChI=1S/C25H22O11/c26-15-5-1-13(9-17(15)28)3-7-21(30)34-19-11-25(33)12-20(35-24(25)32)23(19)36-22(31)8-4-14-2-6-16(27)18(29)10-14/h1-10,19-20,23,26-29,33H,11-12H2/t19?,20?,23-,25+/m1/s1.